The van der Waals surface area contributed by atoms with Crippen LogP contribution in [0.1, 0.15) is 26.3 Å². The number of benzene rings is 2. The van der Waals surface area contributed by atoms with Gasteiger partial charge in [-0.15, -0.1) is 16.9 Å². The van der Waals surface area contributed by atoms with Crippen LogP contribution in [0.15, 0.2) is 57.0 Å². The zero-order chi connectivity index (χ0) is 25.9. The van der Waals surface area contributed by atoms with Gasteiger partial charge in [0.25, 0.3) is 0 Å². The molecule has 0 fully saturated rings. The third kappa shape index (κ3) is 13.8. The second kappa shape index (κ2) is 16.0. The van der Waals surface area contributed by atoms with Crippen LogP contribution in [0.5, 0.6) is 5.75 Å². The Morgan fingerprint density at radius 2 is 1.77 bits per heavy atom. The molecule has 0 aliphatic heterocycles. The Balaban J connectivity index is 0.000000659. The predicted molar refractivity (Wildman–Crippen MR) is 136 cm³/mol. The molecule has 1 unspecified atom stereocenters. The van der Waals surface area contributed by atoms with Crippen LogP contribution in [0, 0.1) is 6.92 Å². The molecule has 0 spiro atoms. The van der Waals surface area contributed by atoms with Gasteiger partial charge in [-0.25, -0.2) is 18.1 Å². The van der Waals surface area contributed by atoms with E-state index in [0.29, 0.717) is 18.0 Å². The van der Waals surface area contributed by atoms with Gasteiger partial charge in [-0.3, -0.25) is 4.52 Å². The quantitative estimate of drug-likeness (QED) is 0.155. The van der Waals surface area contributed by atoms with Crippen LogP contribution in [0.3, 0.4) is 0 Å². The molecule has 2 rings (SSSR count). The maximum absolute atomic E-state index is 12.5. The van der Waals surface area contributed by atoms with Crippen molar-refractivity contribution in [2.45, 2.75) is 38.6 Å². The van der Waals surface area contributed by atoms with E-state index in [2.05, 4.69) is 14.7 Å². The molecule has 1 atom stereocenters. The van der Waals surface area contributed by atoms with E-state index in [-0.39, 0.29) is 35.6 Å². The van der Waals surface area contributed by atoms with E-state index < -0.39 is 18.1 Å². The van der Waals surface area contributed by atoms with E-state index in [1.54, 1.807) is 43.0 Å². The standard InChI is InChI=1S/C13H22NO3PS.C8H11N3O3S.Na/c1-6-16-18(15,14-10(2)3)17-12-7-8-13(19-5)11(4)9-12;1-11(2)8-5-3-7(4-6-8)9-10-15(12,13)14;/h7-10H,6H2,1-5H3,(H,14,15);3-6H,1-2H3,(H,12,13,14);/q;;+1/p-1. The molecular formula is C21H32N4NaO6PS2. The van der Waals surface area contributed by atoms with Crippen LogP contribution in [-0.4, -0.2) is 46.0 Å². The molecule has 0 heterocycles. The van der Waals surface area contributed by atoms with Crippen LogP contribution in [-0.2, 0) is 19.4 Å². The van der Waals surface area contributed by atoms with Crippen molar-refractivity contribution in [3.63, 3.8) is 0 Å². The van der Waals surface area contributed by atoms with Crippen molar-refractivity contribution in [3.8, 4) is 5.75 Å². The zero-order valence-electron chi connectivity index (χ0n) is 21.4. The van der Waals surface area contributed by atoms with Crippen LogP contribution in [0.2, 0.25) is 0 Å². The molecule has 0 amide bonds. The summed E-state index contributed by atoms with van der Waals surface area (Å²) < 4.78 is 56.4. The van der Waals surface area contributed by atoms with Crippen LogP contribution in [0.25, 0.3) is 0 Å². The number of nitrogens with one attached hydrogen (secondary N) is 1. The molecule has 0 aliphatic rings. The Labute approximate surface area is 235 Å². The predicted octanol–water partition coefficient (Wildman–Crippen LogP) is 2.54. The summed E-state index contributed by atoms with van der Waals surface area (Å²) in [5.74, 6) is 0.556. The molecule has 1 N–H and O–H groups in total. The van der Waals surface area contributed by atoms with E-state index in [4.69, 9.17) is 9.05 Å². The first kappa shape index (κ1) is 34.0. The minimum atomic E-state index is -4.65. The number of rotatable bonds is 10. The van der Waals surface area contributed by atoms with E-state index in [1.807, 2.05) is 64.2 Å². The van der Waals surface area contributed by atoms with Gasteiger partial charge in [-0.05, 0) is 82.0 Å². The fourth-order valence-electron chi connectivity index (χ4n) is 2.54. The molecule has 0 radical (unpaired) electrons. The van der Waals surface area contributed by atoms with Gasteiger partial charge in [-0.1, -0.05) is 4.52 Å². The van der Waals surface area contributed by atoms with Crippen LogP contribution >= 0.6 is 19.5 Å². The van der Waals surface area contributed by atoms with Crippen molar-refractivity contribution in [2.75, 3.05) is 31.9 Å². The number of hydrogen-bond acceptors (Lipinski definition) is 9. The third-order valence-electron chi connectivity index (χ3n) is 3.93. The summed E-state index contributed by atoms with van der Waals surface area (Å²) in [7, 11) is -4.20. The minimum Gasteiger partial charge on any atom is -0.728 e. The Bertz CT molecular complexity index is 1100. The molecule has 0 bridgehead atoms. The summed E-state index contributed by atoms with van der Waals surface area (Å²) >= 11 is 1.67. The Kier molecular flexibility index (Phi) is 15.6. The fourth-order valence-corrected chi connectivity index (χ4v) is 4.86. The topological polar surface area (TPSA) is 133 Å². The molecule has 35 heavy (non-hydrogen) atoms. The van der Waals surface area contributed by atoms with Gasteiger partial charge < -0.3 is 14.0 Å². The number of hydrogen-bond donors (Lipinski definition) is 1. The molecule has 0 aliphatic carbocycles. The van der Waals surface area contributed by atoms with Crippen LogP contribution in [0.4, 0.5) is 11.4 Å². The minimum absolute atomic E-state index is 0. The second-order valence-electron chi connectivity index (χ2n) is 7.44. The largest absolute Gasteiger partial charge is 1.00 e. The van der Waals surface area contributed by atoms with E-state index in [9.17, 15) is 17.5 Å². The van der Waals surface area contributed by atoms with Gasteiger partial charge in [0.05, 0.1) is 12.3 Å². The van der Waals surface area contributed by atoms with Crippen molar-refractivity contribution in [2.24, 2.45) is 9.63 Å². The summed E-state index contributed by atoms with van der Waals surface area (Å²) in [6, 6.07) is 12.3. The van der Waals surface area contributed by atoms with Gasteiger partial charge in [0.1, 0.15) is 5.75 Å². The number of thioether (sulfide) groups is 1. The first-order valence-corrected chi connectivity index (χ1v) is 14.4. The molecule has 0 saturated carbocycles. The third-order valence-corrected chi connectivity index (χ3v) is 6.99. The normalized spacial score (nSPS) is 12.9. The molecule has 0 saturated heterocycles. The number of anilines is 1. The number of nitrogens with zero attached hydrogens (tertiary/aromatic N) is 3. The maximum Gasteiger partial charge on any atom is 1.00 e. The fraction of sp³-hybridized carbons (Fsp3) is 0.429. The summed E-state index contributed by atoms with van der Waals surface area (Å²) in [4.78, 5) is 3.06. The van der Waals surface area contributed by atoms with Gasteiger partial charge in [0.15, 0.2) is 0 Å². The Morgan fingerprint density at radius 1 is 1.17 bits per heavy atom. The zero-order valence-corrected chi connectivity index (χ0v) is 25.9. The van der Waals surface area contributed by atoms with Crippen LogP contribution < -0.4 is 44.1 Å². The van der Waals surface area contributed by atoms with E-state index in [1.165, 1.54) is 4.90 Å². The van der Waals surface area contributed by atoms with Crippen molar-refractivity contribution >= 4 is 41.2 Å². The molecule has 2 aromatic rings. The summed E-state index contributed by atoms with van der Waals surface area (Å²) in [5.41, 5.74) is 2.36. The van der Waals surface area contributed by atoms with Gasteiger partial charge in [0, 0.05) is 30.7 Å². The smallest absolute Gasteiger partial charge is 0.728 e. The second-order valence-corrected chi connectivity index (χ2v) is 11.0. The monoisotopic (exact) mass is 554 g/mol. The van der Waals surface area contributed by atoms with E-state index >= 15 is 0 Å². The molecule has 2 aromatic carbocycles. The maximum atomic E-state index is 12.5. The summed E-state index contributed by atoms with van der Waals surface area (Å²) in [6.07, 6.45) is 2.02. The Hall–Kier alpha value is -0.950. The van der Waals surface area contributed by atoms with Gasteiger partial charge >= 0.3 is 37.3 Å². The summed E-state index contributed by atoms with van der Waals surface area (Å²) in [6.45, 7) is 7.92. The van der Waals surface area contributed by atoms with E-state index in [0.717, 1.165) is 11.3 Å². The molecular weight excluding hydrogens is 522 g/mol. The number of aryl methyl sites for hydroxylation is 1. The first-order valence-electron chi connectivity index (χ1n) is 10.3. The Morgan fingerprint density at radius 3 is 2.20 bits per heavy atom. The average molecular weight is 555 g/mol. The van der Waals surface area contributed by atoms with Crippen molar-refractivity contribution in [3.05, 3.63) is 48.0 Å². The molecule has 190 valence electrons. The molecule has 14 heteroatoms. The van der Waals surface area contributed by atoms with Gasteiger partial charge in [-0.2, -0.15) is 0 Å². The van der Waals surface area contributed by atoms with Gasteiger partial charge in [0.2, 0.25) is 10.3 Å². The van der Waals surface area contributed by atoms with Crippen molar-refractivity contribution < 1.29 is 56.1 Å². The molecule has 10 nitrogen and oxygen atoms in total. The summed E-state index contributed by atoms with van der Waals surface area (Å²) in [5, 5.41) is 6.14. The van der Waals surface area contributed by atoms with Crippen molar-refractivity contribution in [1.82, 2.24) is 5.09 Å². The first-order chi connectivity index (χ1) is 15.8. The molecule has 0 aromatic heterocycles. The van der Waals surface area contributed by atoms with Crippen molar-refractivity contribution in [1.29, 1.82) is 0 Å². The average Bonchev–Trinajstić information content (AvgIpc) is 2.72. The SMILES string of the molecule is CCOP(=O)(NC(C)C)Oc1ccc(SC)c(C)c1.CN(C)c1ccc(N=NS(=O)(=O)[O-])cc1.[Na+].